The largest absolute Gasteiger partial charge is 0.481 e. The monoisotopic (exact) mass is 373 g/mol. The number of piperidine rings is 1. The number of pyridine rings is 1. The standard InChI is InChI=1S/C19H20FN3O4/c20-15-7-5-13(6-8-15)11-22-9-2-4-16(17(22)24)21-19(27)23-10-1-3-14(12-23)18(25)26/h2,4-9,14H,1,3,10-12H2,(H,21,27)(H,25,26). The Morgan fingerprint density at radius 2 is 1.96 bits per heavy atom. The molecule has 1 atom stereocenters. The van der Waals surface area contributed by atoms with E-state index >= 15 is 0 Å². The highest BCUT2D eigenvalue weighted by atomic mass is 19.1. The van der Waals surface area contributed by atoms with Gasteiger partial charge in [0.25, 0.3) is 5.56 Å². The molecular weight excluding hydrogens is 353 g/mol. The second-order valence-electron chi connectivity index (χ2n) is 6.53. The van der Waals surface area contributed by atoms with Gasteiger partial charge in [-0.2, -0.15) is 0 Å². The number of nitrogens with one attached hydrogen (secondary N) is 1. The second-order valence-corrected chi connectivity index (χ2v) is 6.53. The fraction of sp³-hybridized carbons (Fsp3) is 0.316. The summed E-state index contributed by atoms with van der Waals surface area (Å²) in [5.74, 6) is -1.86. The molecule has 7 nitrogen and oxygen atoms in total. The molecule has 3 rings (SSSR count). The number of halogens is 1. The van der Waals surface area contributed by atoms with E-state index in [1.54, 1.807) is 24.4 Å². The summed E-state index contributed by atoms with van der Waals surface area (Å²) < 4.78 is 14.4. The van der Waals surface area contributed by atoms with Crippen molar-refractivity contribution in [2.45, 2.75) is 19.4 Å². The van der Waals surface area contributed by atoms with Crippen molar-refractivity contribution in [3.05, 3.63) is 64.3 Å². The van der Waals surface area contributed by atoms with Gasteiger partial charge < -0.3 is 19.9 Å². The van der Waals surface area contributed by atoms with Gasteiger partial charge in [0.2, 0.25) is 0 Å². The topological polar surface area (TPSA) is 91.6 Å². The smallest absolute Gasteiger partial charge is 0.322 e. The van der Waals surface area contributed by atoms with Gasteiger partial charge in [0.05, 0.1) is 12.5 Å². The maximum absolute atomic E-state index is 13.0. The van der Waals surface area contributed by atoms with Crippen LogP contribution < -0.4 is 10.9 Å². The van der Waals surface area contributed by atoms with Gasteiger partial charge in [0.1, 0.15) is 11.5 Å². The first-order chi connectivity index (χ1) is 12.9. The SMILES string of the molecule is O=C(O)C1CCCN(C(=O)Nc2cccn(Cc3ccc(F)cc3)c2=O)C1. The molecule has 0 saturated carbocycles. The molecule has 0 radical (unpaired) electrons. The average Bonchev–Trinajstić information content (AvgIpc) is 2.66. The molecule has 27 heavy (non-hydrogen) atoms. The van der Waals surface area contributed by atoms with Crippen molar-refractivity contribution in [3.63, 3.8) is 0 Å². The molecular formula is C19H20FN3O4. The molecule has 8 heteroatoms. The van der Waals surface area contributed by atoms with Crippen LogP contribution in [0, 0.1) is 11.7 Å². The molecule has 1 aliphatic rings. The predicted molar refractivity (Wildman–Crippen MR) is 97.2 cm³/mol. The third-order valence-electron chi connectivity index (χ3n) is 4.59. The molecule has 2 aromatic rings. The van der Waals surface area contributed by atoms with Crippen molar-refractivity contribution in [1.29, 1.82) is 0 Å². The van der Waals surface area contributed by atoms with E-state index in [0.29, 0.717) is 19.4 Å². The van der Waals surface area contributed by atoms with Gasteiger partial charge in [0, 0.05) is 19.3 Å². The summed E-state index contributed by atoms with van der Waals surface area (Å²) in [6.07, 6.45) is 2.73. The van der Waals surface area contributed by atoms with Crippen molar-refractivity contribution >= 4 is 17.7 Å². The normalized spacial score (nSPS) is 16.8. The summed E-state index contributed by atoms with van der Waals surface area (Å²) in [4.78, 5) is 37.6. The summed E-state index contributed by atoms with van der Waals surface area (Å²) in [6.45, 7) is 0.817. The van der Waals surface area contributed by atoms with Gasteiger partial charge in [0.15, 0.2) is 0 Å². The fourth-order valence-electron chi connectivity index (χ4n) is 3.10. The summed E-state index contributed by atoms with van der Waals surface area (Å²) in [5.41, 5.74) is 0.478. The molecule has 1 saturated heterocycles. The Kier molecular flexibility index (Phi) is 5.54. The second kappa shape index (κ2) is 8.03. The number of nitrogens with zero attached hydrogens (tertiary/aromatic N) is 2. The lowest BCUT2D eigenvalue weighted by atomic mass is 9.99. The predicted octanol–water partition coefficient (Wildman–Crippen LogP) is 2.36. The number of benzene rings is 1. The van der Waals surface area contributed by atoms with Gasteiger partial charge in [-0.05, 0) is 42.7 Å². The molecule has 1 aromatic carbocycles. The molecule has 142 valence electrons. The van der Waals surface area contributed by atoms with Crippen LogP contribution in [0.2, 0.25) is 0 Å². The minimum atomic E-state index is -0.922. The lowest BCUT2D eigenvalue weighted by Crippen LogP contribution is -2.45. The highest BCUT2D eigenvalue weighted by molar-refractivity contribution is 5.89. The highest BCUT2D eigenvalue weighted by Crippen LogP contribution is 2.17. The van der Waals surface area contributed by atoms with Gasteiger partial charge in [-0.15, -0.1) is 0 Å². The van der Waals surface area contributed by atoms with E-state index in [4.69, 9.17) is 5.11 Å². The van der Waals surface area contributed by atoms with Crippen LogP contribution in [0.15, 0.2) is 47.4 Å². The van der Waals surface area contributed by atoms with Gasteiger partial charge in [-0.1, -0.05) is 12.1 Å². The molecule has 1 aliphatic heterocycles. The van der Waals surface area contributed by atoms with Crippen LogP contribution in [-0.2, 0) is 11.3 Å². The van der Waals surface area contributed by atoms with Crippen molar-refractivity contribution in [2.75, 3.05) is 18.4 Å². The van der Waals surface area contributed by atoms with E-state index < -0.39 is 17.9 Å². The Bertz CT molecular complexity index is 895. The first-order valence-corrected chi connectivity index (χ1v) is 8.66. The molecule has 1 fully saturated rings. The first-order valence-electron chi connectivity index (χ1n) is 8.66. The average molecular weight is 373 g/mol. The molecule has 2 heterocycles. The van der Waals surface area contributed by atoms with E-state index in [1.807, 2.05) is 0 Å². The minimum Gasteiger partial charge on any atom is -0.481 e. The number of aromatic nitrogens is 1. The number of amides is 2. The lowest BCUT2D eigenvalue weighted by molar-refractivity contribution is -0.143. The number of urea groups is 1. The van der Waals surface area contributed by atoms with E-state index in [-0.39, 0.29) is 30.2 Å². The number of anilines is 1. The van der Waals surface area contributed by atoms with Crippen LogP contribution in [-0.4, -0.2) is 39.7 Å². The van der Waals surface area contributed by atoms with Crippen LogP contribution in [0.4, 0.5) is 14.9 Å². The van der Waals surface area contributed by atoms with Crippen LogP contribution in [0.3, 0.4) is 0 Å². The zero-order valence-corrected chi connectivity index (χ0v) is 14.6. The Morgan fingerprint density at radius 1 is 1.22 bits per heavy atom. The molecule has 2 amide bonds. The first kappa shape index (κ1) is 18.6. The van der Waals surface area contributed by atoms with Crippen molar-refractivity contribution in [1.82, 2.24) is 9.47 Å². The summed E-state index contributed by atoms with van der Waals surface area (Å²) in [6, 6.07) is 8.47. The van der Waals surface area contributed by atoms with Crippen LogP contribution >= 0.6 is 0 Å². The van der Waals surface area contributed by atoms with Gasteiger partial charge in [-0.3, -0.25) is 9.59 Å². The van der Waals surface area contributed by atoms with Gasteiger partial charge >= 0.3 is 12.0 Å². The molecule has 0 bridgehead atoms. The number of carboxylic acid groups (broad SMARTS) is 1. The third-order valence-corrected chi connectivity index (χ3v) is 4.59. The molecule has 0 spiro atoms. The van der Waals surface area contributed by atoms with E-state index in [1.165, 1.54) is 27.7 Å². The molecule has 1 unspecified atom stereocenters. The van der Waals surface area contributed by atoms with Gasteiger partial charge in [-0.25, -0.2) is 9.18 Å². The number of rotatable bonds is 4. The van der Waals surface area contributed by atoms with Crippen LogP contribution in [0.25, 0.3) is 0 Å². The zero-order valence-electron chi connectivity index (χ0n) is 14.6. The van der Waals surface area contributed by atoms with Crippen molar-refractivity contribution in [2.24, 2.45) is 5.92 Å². The van der Waals surface area contributed by atoms with Crippen molar-refractivity contribution < 1.29 is 19.1 Å². The van der Waals surface area contributed by atoms with Crippen molar-refractivity contribution in [3.8, 4) is 0 Å². The highest BCUT2D eigenvalue weighted by Gasteiger charge is 2.28. The summed E-state index contributed by atoms with van der Waals surface area (Å²) in [7, 11) is 0. The third kappa shape index (κ3) is 4.52. The summed E-state index contributed by atoms with van der Waals surface area (Å²) in [5, 5.41) is 11.7. The summed E-state index contributed by atoms with van der Waals surface area (Å²) >= 11 is 0. The van der Waals surface area contributed by atoms with E-state index in [9.17, 15) is 18.8 Å². The maximum atomic E-state index is 13.0. The number of likely N-dealkylation sites (tertiary alicyclic amines) is 1. The Morgan fingerprint density at radius 3 is 2.67 bits per heavy atom. The number of aliphatic carboxylic acids is 1. The molecule has 1 aromatic heterocycles. The zero-order chi connectivity index (χ0) is 19.4. The lowest BCUT2D eigenvalue weighted by Gasteiger charge is -2.30. The fourth-order valence-corrected chi connectivity index (χ4v) is 3.10. The number of carbonyl (C=O) groups is 2. The van der Waals surface area contributed by atoms with E-state index in [2.05, 4.69) is 5.32 Å². The number of carbonyl (C=O) groups excluding carboxylic acids is 1. The Balaban J connectivity index is 1.72. The quantitative estimate of drug-likeness (QED) is 0.861. The van der Waals surface area contributed by atoms with Crippen LogP contribution in [0.5, 0.6) is 0 Å². The number of hydrogen-bond acceptors (Lipinski definition) is 3. The molecule has 2 N–H and O–H groups in total. The Labute approximate surface area is 155 Å². The number of hydrogen-bond donors (Lipinski definition) is 2. The Hall–Kier alpha value is -3.16. The maximum Gasteiger partial charge on any atom is 0.322 e. The van der Waals surface area contributed by atoms with Crippen LogP contribution in [0.1, 0.15) is 18.4 Å². The number of carboxylic acids is 1. The minimum absolute atomic E-state index is 0.113. The molecule has 0 aliphatic carbocycles. The van der Waals surface area contributed by atoms with E-state index in [0.717, 1.165) is 5.56 Å².